The molecule has 21 heavy (non-hydrogen) atoms. The van der Waals surface area contributed by atoms with Gasteiger partial charge >= 0.3 is 0 Å². The second kappa shape index (κ2) is 6.40. The molecule has 1 N–H and O–H groups in total. The van der Waals surface area contributed by atoms with Crippen LogP contribution in [0.1, 0.15) is 39.3 Å². The van der Waals surface area contributed by atoms with Crippen LogP contribution in [-0.2, 0) is 15.4 Å². The van der Waals surface area contributed by atoms with Crippen molar-refractivity contribution in [3.63, 3.8) is 0 Å². The van der Waals surface area contributed by atoms with Crippen molar-refractivity contribution in [1.82, 2.24) is 9.71 Å². The molecule has 1 aromatic heterocycles. The van der Waals surface area contributed by atoms with Gasteiger partial charge in [-0.2, -0.15) is 0 Å². The Balaban J connectivity index is 2.15. The van der Waals surface area contributed by atoms with E-state index in [-0.39, 0.29) is 6.04 Å². The number of hydrogen-bond acceptors (Lipinski definition) is 3. The molecule has 0 spiro atoms. The molecule has 1 heterocycles. The van der Waals surface area contributed by atoms with Crippen LogP contribution in [0, 0.1) is 0 Å². The first-order valence-electron chi connectivity index (χ1n) is 6.67. The summed E-state index contributed by atoms with van der Waals surface area (Å²) in [5.41, 5.74) is 0.552. The highest BCUT2D eigenvalue weighted by atomic mass is 35.5. The first-order chi connectivity index (χ1) is 9.74. The maximum atomic E-state index is 11.9. The summed E-state index contributed by atoms with van der Waals surface area (Å²) in [6.07, 6.45) is 1.74. The largest absolute Gasteiger partial charge is 0.272 e. The average Bonchev–Trinajstić information content (AvgIpc) is 2.35. The molecule has 2 aromatic rings. The molecule has 0 aliphatic heterocycles. The summed E-state index contributed by atoms with van der Waals surface area (Å²) < 4.78 is 20.2. The van der Waals surface area contributed by atoms with Gasteiger partial charge in [-0.1, -0.05) is 23.7 Å². The maximum absolute atomic E-state index is 11.9. The van der Waals surface area contributed by atoms with Gasteiger partial charge in [-0.3, -0.25) is 4.18 Å². The van der Waals surface area contributed by atoms with E-state index in [1.165, 1.54) is 0 Å². The van der Waals surface area contributed by atoms with Crippen LogP contribution in [0.5, 0.6) is 0 Å². The van der Waals surface area contributed by atoms with Crippen LogP contribution >= 0.6 is 11.6 Å². The van der Waals surface area contributed by atoms with Crippen LogP contribution in [0.3, 0.4) is 0 Å². The van der Waals surface area contributed by atoms with Crippen molar-refractivity contribution < 1.29 is 8.39 Å². The third-order valence-electron chi connectivity index (χ3n) is 2.81. The van der Waals surface area contributed by atoms with E-state index in [2.05, 4.69) is 9.71 Å². The summed E-state index contributed by atoms with van der Waals surface area (Å²) in [5, 5.41) is 2.48. The summed E-state index contributed by atoms with van der Waals surface area (Å²) in [4.78, 5) is 4.05. The fourth-order valence-electron chi connectivity index (χ4n) is 1.87. The minimum atomic E-state index is -1.55. The number of pyridine rings is 1. The van der Waals surface area contributed by atoms with Crippen molar-refractivity contribution in [3.05, 3.63) is 41.2 Å². The lowest BCUT2D eigenvalue weighted by Crippen LogP contribution is -2.30. The predicted octanol–water partition coefficient (Wildman–Crippen LogP) is 3.93. The molecule has 1 aromatic carbocycles. The molecule has 1 unspecified atom stereocenters. The van der Waals surface area contributed by atoms with Crippen molar-refractivity contribution >= 4 is 33.6 Å². The van der Waals surface area contributed by atoms with E-state index in [0.29, 0.717) is 5.15 Å². The lowest BCUT2D eigenvalue weighted by molar-refractivity contribution is 0.149. The van der Waals surface area contributed by atoms with Crippen molar-refractivity contribution in [3.8, 4) is 0 Å². The molecule has 0 saturated carbocycles. The van der Waals surface area contributed by atoms with Crippen LogP contribution in [-0.4, -0.2) is 14.8 Å². The zero-order valence-electron chi connectivity index (χ0n) is 12.5. The van der Waals surface area contributed by atoms with Gasteiger partial charge in [0.05, 0.1) is 5.60 Å². The number of halogens is 1. The molecule has 4 nitrogen and oxygen atoms in total. The van der Waals surface area contributed by atoms with Gasteiger partial charge in [0.25, 0.3) is 0 Å². The van der Waals surface area contributed by atoms with Gasteiger partial charge in [0.15, 0.2) is 0 Å². The van der Waals surface area contributed by atoms with E-state index in [9.17, 15) is 4.21 Å². The summed E-state index contributed by atoms with van der Waals surface area (Å²) >= 11 is 4.37. The zero-order valence-corrected chi connectivity index (χ0v) is 14.1. The summed E-state index contributed by atoms with van der Waals surface area (Å²) in [6, 6.07) is 7.67. The van der Waals surface area contributed by atoms with E-state index < -0.39 is 16.9 Å². The third kappa shape index (κ3) is 4.74. The lowest BCUT2D eigenvalue weighted by Gasteiger charge is -2.20. The molecule has 114 valence electrons. The Morgan fingerprint density at radius 3 is 2.67 bits per heavy atom. The van der Waals surface area contributed by atoms with Gasteiger partial charge < -0.3 is 0 Å². The molecule has 0 aliphatic carbocycles. The van der Waals surface area contributed by atoms with Gasteiger partial charge in [-0.25, -0.2) is 13.9 Å². The SMILES string of the molecule is C[C@@H](NS(=O)OC(C)(C)C)c1ccc2cnc(Cl)cc2c1. The second-order valence-electron chi connectivity index (χ2n) is 5.88. The normalized spacial score (nSPS) is 15.1. The second-order valence-corrected chi connectivity index (χ2v) is 7.14. The highest BCUT2D eigenvalue weighted by Crippen LogP contribution is 2.22. The van der Waals surface area contributed by atoms with E-state index in [1.807, 2.05) is 52.0 Å². The highest BCUT2D eigenvalue weighted by molar-refractivity contribution is 7.78. The number of nitrogens with zero attached hydrogens (tertiary/aromatic N) is 1. The van der Waals surface area contributed by atoms with Crippen molar-refractivity contribution in [1.29, 1.82) is 0 Å². The molecule has 2 rings (SSSR count). The van der Waals surface area contributed by atoms with Crippen LogP contribution in [0.15, 0.2) is 30.5 Å². The molecule has 0 radical (unpaired) electrons. The Hall–Kier alpha value is -1.01. The number of benzene rings is 1. The number of rotatable bonds is 4. The standard InChI is InChI=1S/C15H19ClN2O2S/c1-10(18-21(19)20-15(2,3)4)11-5-6-12-9-17-14(16)8-13(12)7-11/h5-10,18H,1-4H3/t10-,21?/m1/s1. The summed E-state index contributed by atoms with van der Waals surface area (Å²) in [5.74, 6) is 0. The fourth-order valence-corrected chi connectivity index (χ4v) is 2.96. The molecule has 0 amide bonds. The van der Waals surface area contributed by atoms with Gasteiger partial charge in [-0.05, 0) is 50.8 Å². The quantitative estimate of drug-likeness (QED) is 0.866. The van der Waals surface area contributed by atoms with Crippen LogP contribution in [0.25, 0.3) is 10.8 Å². The molecule has 2 atom stereocenters. The summed E-state index contributed by atoms with van der Waals surface area (Å²) in [6.45, 7) is 7.53. The molecule has 6 heteroatoms. The highest BCUT2D eigenvalue weighted by Gasteiger charge is 2.17. The first-order valence-corrected chi connectivity index (χ1v) is 8.12. The smallest absolute Gasteiger partial charge is 0.235 e. The molecule has 0 fully saturated rings. The van der Waals surface area contributed by atoms with E-state index in [4.69, 9.17) is 15.8 Å². The Morgan fingerprint density at radius 2 is 2.00 bits per heavy atom. The Morgan fingerprint density at radius 1 is 1.29 bits per heavy atom. The van der Waals surface area contributed by atoms with E-state index in [0.717, 1.165) is 16.3 Å². The predicted molar refractivity (Wildman–Crippen MR) is 87.3 cm³/mol. The molecular formula is C15H19ClN2O2S. The van der Waals surface area contributed by atoms with Gasteiger partial charge in [-0.15, -0.1) is 0 Å². The Kier molecular flexibility index (Phi) is 4.99. The molecule has 0 aliphatic rings. The third-order valence-corrected chi connectivity index (χ3v) is 4.22. The maximum Gasteiger partial charge on any atom is 0.235 e. The van der Waals surface area contributed by atoms with Crippen molar-refractivity contribution in [2.45, 2.75) is 39.3 Å². The van der Waals surface area contributed by atoms with Gasteiger partial charge in [0.1, 0.15) is 5.15 Å². The van der Waals surface area contributed by atoms with Crippen LogP contribution in [0.2, 0.25) is 5.15 Å². The Labute approximate surface area is 132 Å². The summed E-state index contributed by atoms with van der Waals surface area (Å²) in [7, 11) is 0. The first kappa shape index (κ1) is 16.4. The average molecular weight is 327 g/mol. The Bertz CT molecular complexity index is 670. The van der Waals surface area contributed by atoms with Crippen LogP contribution < -0.4 is 4.72 Å². The minimum Gasteiger partial charge on any atom is -0.272 e. The molecular weight excluding hydrogens is 308 g/mol. The minimum absolute atomic E-state index is 0.107. The van der Waals surface area contributed by atoms with Crippen LogP contribution in [0.4, 0.5) is 0 Å². The van der Waals surface area contributed by atoms with Gasteiger partial charge in [0, 0.05) is 17.6 Å². The molecule has 0 saturated heterocycles. The van der Waals surface area contributed by atoms with E-state index in [1.54, 1.807) is 6.20 Å². The number of fused-ring (bicyclic) bond motifs is 1. The number of nitrogens with one attached hydrogen (secondary N) is 1. The number of hydrogen-bond donors (Lipinski definition) is 1. The fraction of sp³-hybridized carbons (Fsp3) is 0.400. The van der Waals surface area contributed by atoms with E-state index >= 15 is 0 Å². The van der Waals surface area contributed by atoms with Crippen molar-refractivity contribution in [2.75, 3.05) is 0 Å². The van der Waals surface area contributed by atoms with Gasteiger partial charge in [0.2, 0.25) is 11.3 Å². The monoisotopic (exact) mass is 326 g/mol. The van der Waals surface area contributed by atoms with Crippen molar-refractivity contribution in [2.24, 2.45) is 0 Å². The topological polar surface area (TPSA) is 51.2 Å². The molecule has 0 bridgehead atoms. The zero-order chi connectivity index (χ0) is 15.6. The lowest BCUT2D eigenvalue weighted by atomic mass is 10.1. The number of aromatic nitrogens is 1.